The van der Waals surface area contributed by atoms with Gasteiger partial charge in [0.25, 0.3) is 0 Å². The Morgan fingerprint density at radius 1 is 1.32 bits per heavy atom. The Balaban J connectivity index is 1.60. The lowest BCUT2D eigenvalue weighted by Gasteiger charge is -2.53. The minimum absolute atomic E-state index is 0.0667. The summed E-state index contributed by atoms with van der Waals surface area (Å²) in [5.74, 6) is 2.00. The van der Waals surface area contributed by atoms with Gasteiger partial charge in [-0.2, -0.15) is 0 Å². The molecule has 4 rings (SSSR count). The van der Waals surface area contributed by atoms with Crippen molar-refractivity contribution >= 4 is 5.91 Å². The Kier molecular flexibility index (Phi) is 5.17. The molecule has 5 heteroatoms. The molecule has 154 valence electrons. The Labute approximate surface area is 168 Å². The fourth-order valence-corrected chi connectivity index (χ4v) is 6.34. The number of carbonyl (C=O) groups is 1. The van der Waals surface area contributed by atoms with E-state index >= 15 is 0 Å². The molecule has 1 spiro atoms. The molecule has 1 heterocycles. The van der Waals surface area contributed by atoms with Crippen molar-refractivity contribution in [2.24, 2.45) is 22.7 Å². The van der Waals surface area contributed by atoms with Gasteiger partial charge in [-0.3, -0.25) is 4.79 Å². The lowest BCUT2D eigenvalue weighted by Crippen LogP contribution is -2.58. The van der Waals surface area contributed by atoms with Crippen LogP contribution < -0.4 is 10.1 Å². The molecule has 5 nitrogen and oxygen atoms in total. The molecule has 1 aliphatic heterocycles. The van der Waals surface area contributed by atoms with Crippen LogP contribution in [0.1, 0.15) is 51.7 Å². The lowest BCUT2D eigenvalue weighted by molar-refractivity contribution is -0.136. The molecule has 0 aromatic heterocycles. The number of amides is 1. The van der Waals surface area contributed by atoms with Crippen LogP contribution in [-0.4, -0.2) is 38.9 Å². The molecule has 1 amide bonds. The molecule has 3 fully saturated rings. The summed E-state index contributed by atoms with van der Waals surface area (Å²) in [7, 11) is 1.68. The predicted molar refractivity (Wildman–Crippen MR) is 107 cm³/mol. The zero-order valence-electron chi connectivity index (χ0n) is 17.5. The van der Waals surface area contributed by atoms with E-state index < -0.39 is 0 Å². The van der Waals surface area contributed by atoms with Gasteiger partial charge in [0, 0.05) is 26.7 Å². The molecule has 1 aromatic carbocycles. The maximum absolute atomic E-state index is 12.0. The molecule has 2 bridgehead atoms. The minimum Gasteiger partial charge on any atom is -0.491 e. The van der Waals surface area contributed by atoms with E-state index in [1.54, 1.807) is 14.0 Å². The predicted octanol–water partition coefficient (Wildman–Crippen LogP) is 3.73. The minimum atomic E-state index is 0.0667. The fourth-order valence-electron chi connectivity index (χ4n) is 6.34. The summed E-state index contributed by atoms with van der Waals surface area (Å²) >= 11 is 0. The highest BCUT2D eigenvalue weighted by Gasteiger charge is 2.68. The van der Waals surface area contributed by atoms with Crippen molar-refractivity contribution in [1.29, 1.82) is 0 Å². The van der Waals surface area contributed by atoms with Crippen LogP contribution >= 0.6 is 0 Å². The Morgan fingerprint density at radius 2 is 2.14 bits per heavy atom. The zero-order valence-corrected chi connectivity index (χ0v) is 17.5. The number of methoxy groups -OCH3 is 1. The lowest BCUT2D eigenvalue weighted by atomic mass is 9.59. The van der Waals surface area contributed by atoms with E-state index in [0.29, 0.717) is 25.0 Å². The Morgan fingerprint density at radius 3 is 2.89 bits per heavy atom. The summed E-state index contributed by atoms with van der Waals surface area (Å²) < 4.78 is 17.2. The highest BCUT2D eigenvalue weighted by atomic mass is 16.5. The summed E-state index contributed by atoms with van der Waals surface area (Å²) in [5.41, 5.74) is 1.45. The van der Waals surface area contributed by atoms with Crippen LogP contribution in [0.4, 0.5) is 0 Å². The average Bonchev–Trinajstić information content (AvgIpc) is 3.15. The third-order valence-electron chi connectivity index (χ3n) is 7.60. The van der Waals surface area contributed by atoms with Gasteiger partial charge in [0.1, 0.15) is 12.4 Å². The molecule has 1 unspecified atom stereocenters. The normalized spacial score (nSPS) is 35.4. The van der Waals surface area contributed by atoms with Crippen LogP contribution in [0.3, 0.4) is 0 Å². The number of ether oxygens (including phenoxy) is 3. The standard InChI is InChI=1S/C23H33NO4/c1-15(25)24-21-22(2,3)17-13-19-20(28-9-8-23(19,21)14-17)16-6-5-7-18(12-16)27-11-10-26-4/h5-7,12,17,19-21H,8-11,13-14H2,1-4H3,(H,24,25)/t17-,19-,20-,21+,23?/m1/s1. The highest BCUT2D eigenvalue weighted by Crippen LogP contribution is 2.70. The molecule has 0 radical (unpaired) electrons. The zero-order chi connectivity index (χ0) is 19.9. The van der Waals surface area contributed by atoms with Gasteiger partial charge in [-0.15, -0.1) is 0 Å². The third-order valence-corrected chi connectivity index (χ3v) is 7.60. The summed E-state index contributed by atoms with van der Waals surface area (Å²) in [5, 5.41) is 3.34. The molecule has 1 N–H and O–H groups in total. The van der Waals surface area contributed by atoms with Crippen molar-refractivity contribution in [3.05, 3.63) is 29.8 Å². The topological polar surface area (TPSA) is 56.8 Å². The summed E-state index contributed by atoms with van der Waals surface area (Å²) in [6, 6.07) is 8.52. The van der Waals surface area contributed by atoms with E-state index in [9.17, 15) is 4.79 Å². The fraction of sp³-hybridized carbons (Fsp3) is 0.696. The van der Waals surface area contributed by atoms with Gasteiger partial charge < -0.3 is 19.5 Å². The van der Waals surface area contributed by atoms with E-state index in [-0.39, 0.29) is 28.9 Å². The molecular weight excluding hydrogens is 354 g/mol. The quantitative estimate of drug-likeness (QED) is 0.756. The molecule has 28 heavy (non-hydrogen) atoms. The first-order valence-electron chi connectivity index (χ1n) is 10.5. The van der Waals surface area contributed by atoms with Crippen molar-refractivity contribution in [3.63, 3.8) is 0 Å². The Bertz CT molecular complexity index is 733. The molecule has 1 aromatic rings. The van der Waals surface area contributed by atoms with Crippen molar-refractivity contribution in [1.82, 2.24) is 5.32 Å². The second-order valence-corrected chi connectivity index (χ2v) is 9.39. The monoisotopic (exact) mass is 387 g/mol. The van der Waals surface area contributed by atoms with Gasteiger partial charge in [0.2, 0.25) is 5.91 Å². The molecule has 1 saturated heterocycles. The van der Waals surface area contributed by atoms with E-state index in [1.165, 1.54) is 18.4 Å². The van der Waals surface area contributed by atoms with Gasteiger partial charge >= 0.3 is 0 Å². The second kappa shape index (κ2) is 7.34. The maximum atomic E-state index is 12.0. The van der Waals surface area contributed by atoms with Gasteiger partial charge in [-0.1, -0.05) is 26.0 Å². The van der Waals surface area contributed by atoms with Crippen LogP contribution in [-0.2, 0) is 14.3 Å². The van der Waals surface area contributed by atoms with Gasteiger partial charge in [-0.05, 0) is 59.6 Å². The number of hydrogen-bond acceptors (Lipinski definition) is 4. The van der Waals surface area contributed by atoms with Gasteiger partial charge in [0.05, 0.1) is 12.7 Å². The van der Waals surface area contributed by atoms with E-state index in [0.717, 1.165) is 18.8 Å². The number of carbonyl (C=O) groups excluding carboxylic acids is 1. The number of fused-ring (bicyclic) bond motifs is 1. The van der Waals surface area contributed by atoms with Crippen LogP contribution in [0, 0.1) is 22.7 Å². The van der Waals surface area contributed by atoms with E-state index in [2.05, 4.69) is 31.3 Å². The molecule has 2 aliphatic carbocycles. The van der Waals surface area contributed by atoms with Crippen molar-refractivity contribution in [2.75, 3.05) is 26.9 Å². The van der Waals surface area contributed by atoms with Crippen molar-refractivity contribution in [3.8, 4) is 5.75 Å². The molecule has 2 saturated carbocycles. The Hall–Kier alpha value is -1.59. The van der Waals surface area contributed by atoms with Gasteiger partial charge in [-0.25, -0.2) is 0 Å². The van der Waals surface area contributed by atoms with Crippen LogP contribution in [0.2, 0.25) is 0 Å². The largest absolute Gasteiger partial charge is 0.491 e. The first kappa shape index (κ1) is 19.7. The third kappa shape index (κ3) is 3.13. The number of nitrogens with one attached hydrogen (secondary N) is 1. The molecular formula is C23H33NO4. The summed E-state index contributed by atoms with van der Waals surface area (Å²) in [6.45, 7) is 8.17. The number of rotatable bonds is 6. The van der Waals surface area contributed by atoms with Crippen molar-refractivity contribution < 1.29 is 19.0 Å². The molecule has 5 atom stereocenters. The van der Waals surface area contributed by atoms with Crippen LogP contribution in [0.25, 0.3) is 0 Å². The summed E-state index contributed by atoms with van der Waals surface area (Å²) in [6.07, 6.45) is 3.46. The summed E-state index contributed by atoms with van der Waals surface area (Å²) in [4.78, 5) is 12.0. The average molecular weight is 388 g/mol. The number of hydrogen-bond donors (Lipinski definition) is 1. The number of benzene rings is 1. The van der Waals surface area contributed by atoms with Gasteiger partial charge in [0.15, 0.2) is 0 Å². The SMILES string of the molecule is COCCOc1cccc([C@H]2OCCC34C[C@@H](C[C@H]23)C(C)(C)[C@@H]4NC(C)=O)c1. The van der Waals surface area contributed by atoms with Crippen molar-refractivity contribution in [2.45, 2.75) is 52.2 Å². The maximum Gasteiger partial charge on any atom is 0.217 e. The second-order valence-electron chi connectivity index (χ2n) is 9.39. The highest BCUT2D eigenvalue weighted by molar-refractivity contribution is 5.73. The first-order valence-corrected chi connectivity index (χ1v) is 10.5. The smallest absolute Gasteiger partial charge is 0.217 e. The van der Waals surface area contributed by atoms with E-state index in [1.807, 2.05) is 12.1 Å². The van der Waals surface area contributed by atoms with Crippen LogP contribution in [0.15, 0.2) is 24.3 Å². The first-order chi connectivity index (χ1) is 13.4. The van der Waals surface area contributed by atoms with Crippen LogP contribution in [0.5, 0.6) is 5.75 Å². The molecule has 3 aliphatic rings. The van der Waals surface area contributed by atoms with E-state index in [4.69, 9.17) is 14.2 Å².